The van der Waals surface area contributed by atoms with Gasteiger partial charge in [0.25, 0.3) is 5.91 Å². The van der Waals surface area contributed by atoms with Crippen LogP contribution in [0, 0.1) is 0 Å². The Morgan fingerprint density at radius 3 is 2.77 bits per heavy atom. The van der Waals surface area contributed by atoms with Crippen molar-refractivity contribution in [3.05, 3.63) is 53.8 Å². The van der Waals surface area contributed by atoms with Gasteiger partial charge < -0.3 is 10.2 Å². The number of nitrogens with zero attached hydrogens (tertiary/aromatic N) is 2. The third-order valence-corrected chi connectivity index (χ3v) is 4.08. The summed E-state index contributed by atoms with van der Waals surface area (Å²) >= 11 is 1.47. The van der Waals surface area contributed by atoms with Gasteiger partial charge in [0.1, 0.15) is 0 Å². The van der Waals surface area contributed by atoms with Gasteiger partial charge in [-0.25, -0.2) is 0 Å². The minimum Gasteiger partial charge on any atom is -0.331 e. The summed E-state index contributed by atoms with van der Waals surface area (Å²) in [7, 11) is 0. The molecule has 1 amide bonds. The van der Waals surface area contributed by atoms with Gasteiger partial charge in [-0.3, -0.25) is 9.59 Å². The molecule has 2 aliphatic heterocycles. The Bertz CT molecular complexity index is 705. The molecule has 6 heteroatoms. The van der Waals surface area contributed by atoms with Crippen LogP contribution in [0.5, 0.6) is 0 Å². The third kappa shape index (κ3) is 2.96. The minimum atomic E-state index is -0.203. The fraction of sp³-hybridized carbons (Fsp3) is 0.188. The van der Waals surface area contributed by atoms with Gasteiger partial charge in [-0.1, -0.05) is 0 Å². The largest absolute Gasteiger partial charge is 0.331 e. The minimum absolute atomic E-state index is 0.00207. The van der Waals surface area contributed by atoms with Crippen LogP contribution in [0.2, 0.25) is 0 Å². The molecule has 0 radical (unpaired) electrons. The second-order valence-electron chi connectivity index (χ2n) is 4.95. The van der Waals surface area contributed by atoms with Crippen LogP contribution >= 0.6 is 11.9 Å². The van der Waals surface area contributed by atoms with Crippen LogP contribution < -0.4 is 5.32 Å². The van der Waals surface area contributed by atoms with Crippen LogP contribution in [0.25, 0.3) is 0 Å². The molecule has 22 heavy (non-hydrogen) atoms. The zero-order valence-corrected chi connectivity index (χ0v) is 12.9. The Balaban J connectivity index is 1.76. The molecule has 0 saturated heterocycles. The first-order chi connectivity index (χ1) is 10.6. The number of anilines is 1. The Kier molecular flexibility index (Phi) is 4.11. The lowest BCUT2D eigenvalue weighted by Crippen LogP contribution is -2.37. The fourth-order valence-corrected chi connectivity index (χ4v) is 2.93. The van der Waals surface area contributed by atoms with Crippen LogP contribution in [0.15, 0.2) is 52.6 Å². The summed E-state index contributed by atoms with van der Waals surface area (Å²) < 4.78 is 4.37. The van der Waals surface area contributed by atoms with E-state index in [4.69, 9.17) is 0 Å². The van der Waals surface area contributed by atoms with Crippen LogP contribution in [-0.2, 0) is 4.79 Å². The summed E-state index contributed by atoms with van der Waals surface area (Å²) in [5.74, 6) is 1.40. The van der Waals surface area contributed by atoms with Gasteiger partial charge in [0.15, 0.2) is 11.6 Å². The molecule has 112 valence electrons. The van der Waals surface area contributed by atoms with Crippen LogP contribution in [0.3, 0.4) is 0 Å². The zero-order valence-electron chi connectivity index (χ0n) is 12.1. The monoisotopic (exact) mass is 313 g/mol. The first-order valence-electron chi connectivity index (χ1n) is 6.93. The van der Waals surface area contributed by atoms with Gasteiger partial charge >= 0.3 is 0 Å². The van der Waals surface area contributed by atoms with Crippen molar-refractivity contribution in [2.24, 2.45) is 4.40 Å². The number of amides is 1. The third-order valence-electron chi connectivity index (χ3n) is 3.41. The number of hydrogen-bond donors (Lipinski definition) is 1. The predicted octanol–water partition coefficient (Wildman–Crippen LogP) is 2.64. The summed E-state index contributed by atoms with van der Waals surface area (Å²) in [5.41, 5.74) is 1.82. The molecule has 0 saturated carbocycles. The van der Waals surface area contributed by atoms with Crippen LogP contribution in [-0.4, -0.2) is 34.7 Å². The number of fused-ring (bicyclic) bond motifs is 1. The summed E-state index contributed by atoms with van der Waals surface area (Å²) in [4.78, 5) is 25.7. The number of rotatable bonds is 3. The highest BCUT2D eigenvalue weighted by Gasteiger charge is 2.25. The van der Waals surface area contributed by atoms with Crippen molar-refractivity contribution in [3.63, 3.8) is 0 Å². The van der Waals surface area contributed by atoms with E-state index in [1.165, 1.54) is 18.9 Å². The van der Waals surface area contributed by atoms with E-state index in [9.17, 15) is 9.59 Å². The molecule has 1 aromatic rings. The normalized spacial score (nSPS) is 16.5. The highest BCUT2D eigenvalue weighted by molar-refractivity contribution is 7.98. The summed E-state index contributed by atoms with van der Waals surface area (Å²) in [5, 5.41) is 2.84. The van der Waals surface area contributed by atoms with Crippen molar-refractivity contribution in [3.8, 4) is 0 Å². The molecule has 2 heterocycles. The lowest BCUT2D eigenvalue weighted by molar-refractivity contribution is -0.112. The van der Waals surface area contributed by atoms with E-state index in [0.717, 1.165) is 12.3 Å². The van der Waals surface area contributed by atoms with Gasteiger partial charge in [-0.05, 0) is 55.3 Å². The molecular formula is C16H15N3O2S. The van der Waals surface area contributed by atoms with Crippen molar-refractivity contribution in [2.75, 3.05) is 17.6 Å². The molecule has 0 unspecified atom stereocenters. The lowest BCUT2D eigenvalue weighted by Gasteiger charge is -2.28. The number of carbonyl (C=O) groups excluding carboxylic acids is 2. The van der Waals surface area contributed by atoms with Crippen LogP contribution in [0.1, 0.15) is 17.3 Å². The first-order valence-corrected chi connectivity index (χ1v) is 7.87. The van der Waals surface area contributed by atoms with E-state index < -0.39 is 0 Å². The molecule has 0 aromatic heterocycles. The highest BCUT2D eigenvalue weighted by atomic mass is 32.2. The highest BCUT2D eigenvalue weighted by Crippen LogP contribution is 2.21. The molecule has 5 nitrogen and oxygen atoms in total. The lowest BCUT2D eigenvalue weighted by atomic mass is 10.1. The van der Waals surface area contributed by atoms with E-state index in [1.807, 2.05) is 17.2 Å². The van der Waals surface area contributed by atoms with Crippen molar-refractivity contribution in [2.45, 2.75) is 6.92 Å². The molecule has 1 aromatic carbocycles. The van der Waals surface area contributed by atoms with E-state index in [-0.39, 0.29) is 11.7 Å². The van der Waals surface area contributed by atoms with E-state index in [2.05, 4.69) is 9.71 Å². The van der Waals surface area contributed by atoms with Crippen molar-refractivity contribution in [1.29, 1.82) is 0 Å². The average Bonchev–Trinajstić information content (AvgIpc) is 2.54. The fourth-order valence-electron chi connectivity index (χ4n) is 2.23. The van der Waals surface area contributed by atoms with E-state index in [1.54, 1.807) is 30.3 Å². The maximum absolute atomic E-state index is 12.4. The number of allylic oxidation sites excluding steroid dienone is 2. The molecule has 0 spiro atoms. The molecule has 0 fully saturated rings. The second kappa shape index (κ2) is 6.19. The van der Waals surface area contributed by atoms with Crippen molar-refractivity contribution in [1.82, 2.24) is 4.90 Å². The number of benzene rings is 1. The van der Waals surface area contributed by atoms with Crippen molar-refractivity contribution < 1.29 is 9.59 Å². The maximum atomic E-state index is 12.4. The van der Waals surface area contributed by atoms with Crippen molar-refractivity contribution >= 4 is 35.2 Å². The van der Waals surface area contributed by atoms with Gasteiger partial charge in [0.05, 0.1) is 5.57 Å². The van der Waals surface area contributed by atoms with Gasteiger partial charge in [-0.2, -0.15) is 4.40 Å². The number of amidine groups is 1. The Hall–Kier alpha value is -2.34. The quantitative estimate of drug-likeness (QED) is 0.688. The van der Waals surface area contributed by atoms with E-state index >= 15 is 0 Å². The average molecular weight is 313 g/mol. The summed E-state index contributed by atoms with van der Waals surface area (Å²) in [6.07, 6.45) is 5.54. The number of Topliss-reactive ketones (excluding diaryl/α,β-unsaturated/α-hetero) is 1. The number of hydrogen-bond acceptors (Lipinski definition) is 5. The molecule has 2 aliphatic rings. The Morgan fingerprint density at radius 1 is 1.27 bits per heavy atom. The summed E-state index contributed by atoms with van der Waals surface area (Å²) in [6, 6.07) is 6.85. The smallest absolute Gasteiger partial charge is 0.259 e. The topological polar surface area (TPSA) is 61.8 Å². The van der Waals surface area contributed by atoms with E-state index in [0.29, 0.717) is 22.7 Å². The molecule has 0 bridgehead atoms. The predicted molar refractivity (Wildman–Crippen MR) is 88.9 cm³/mol. The standard InChI is InChI=1S/C16H15N3O2S/c1-11(20)12-4-6-13(7-5-12)17-16(21)14-3-2-8-19-9-10-22-18-15(14)19/h2-8H,9-10H2,1H3,(H,17,21). The molecule has 3 rings (SSSR count). The van der Waals surface area contributed by atoms with Crippen LogP contribution in [0.4, 0.5) is 5.69 Å². The second-order valence-corrected chi connectivity index (χ2v) is 5.80. The first kappa shape index (κ1) is 14.6. The zero-order chi connectivity index (χ0) is 15.5. The molecule has 0 aliphatic carbocycles. The van der Waals surface area contributed by atoms with Gasteiger partial charge in [0, 0.05) is 29.7 Å². The van der Waals surface area contributed by atoms with Gasteiger partial charge in [-0.15, -0.1) is 0 Å². The molecule has 0 atom stereocenters. The van der Waals surface area contributed by atoms with Gasteiger partial charge in [0.2, 0.25) is 0 Å². The number of carbonyl (C=O) groups is 2. The maximum Gasteiger partial charge on any atom is 0.259 e. The number of nitrogens with one attached hydrogen (secondary N) is 1. The molecule has 1 N–H and O–H groups in total. The molecular weight excluding hydrogens is 298 g/mol. The Labute approximate surface area is 132 Å². The SMILES string of the molecule is CC(=O)c1ccc(NC(=O)C2=CC=CN3CCSN=C23)cc1. The number of ketones is 1. The summed E-state index contributed by atoms with van der Waals surface area (Å²) in [6.45, 7) is 2.36. The Morgan fingerprint density at radius 2 is 2.05 bits per heavy atom.